The van der Waals surface area contributed by atoms with E-state index in [-0.39, 0.29) is 22.6 Å². The summed E-state index contributed by atoms with van der Waals surface area (Å²) in [7, 11) is 2.55. The Morgan fingerprint density at radius 3 is 1.43 bits per heavy atom. The van der Waals surface area contributed by atoms with E-state index in [0.717, 1.165) is 12.2 Å². The van der Waals surface area contributed by atoms with Crippen LogP contribution in [0.5, 0.6) is 23.0 Å². The van der Waals surface area contributed by atoms with Gasteiger partial charge in [-0.1, -0.05) is 11.5 Å². The fourth-order valence-electron chi connectivity index (χ4n) is 2.48. The maximum Gasteiger partial charge on any atom is 0.328 e. The van der Waals surface area contributed by atoms with Crippen molar-refractivity contribution >= 4 is 24.1 Å². The zero-order valence-corrected chi connectivity index (χ0v) is 15.0. The first kappa shape index (κ1) is 20.4. The molecule has 0 atom stereocenters. The summed E-state index contributed by atoms with van der Waals surface area (Å²) < 4.78 is 10.1. The van der Waals surface area contributed by atoms with Crippen LogP contribution in [0.25, 0.3) is 23.3 Å². The summed E-state index contributed by atoms with van der Waals surface area (Å²) in [6, 6.07) is 5.40. The highest BCUT2D eigenvalue weighted by molar-refractivity contribution is 5.89. The summed E-state index contributed by atoms with van der Waals surface area (Å²) in [5.74, 6) is -3.67. The third-order valence-electron chi connectivity index (χ3n) is 3.72. The third-order valence-corrected chi connectivity index (χ3v) is 3.72. The van der Waals surface area contributed by atoms with Crippen LogP contribution in [0.1, 0.15) is 11.1 Å². The molecule has 0 spiro atoms. The number of hydrogen-bond acceptors (Lipinski definition) is 6. The van der Waals surface area contributed by atoms with Crippen molar-refractivity contribution in [2.75, 3.05) is 14.2 Å². The number of ether oxygens (including phenoxy) is 2. The standard InChI is InChI=1S/C20H18O8/c1-27-15-9-11(3-5-17(21)22)7-13(19(15)25)14-8-12(4-6-18(23)24)10-16(28-2)20(14)26/h3-10,25-26H,1-2H3,(H,21,22)(H,23,24)/p-2/b5-3+,6-4+. The second kappa shape index (κ2) is 8.63. The Kier molecular flexibility index (Phi) is 6.28. The van der Waals surface area contributed by atoms with Crippen molar-refractivity contribution in [2.45, 2.75) is 0 Å². The Balaban J connectivity index is 2.74. The monoisotopic (exact) mass is 384 g/mol. The average molecular weight is 384 g/mol. The molecule has 2 aromatic rings. The van der Waals surface area contributed by atoms with E-state index in [1.807, 2.05) is 0 Å². The number of rotatable bonds is 7. The molecular weight excluding hydrogens is 368 g/mol. The molecule has 0 aliphatic carbocycles. The van der Waals surface area contributed by atoms with Gasteiger partial charge in [0.05, 0.1) is 14.2 Å². The minimum Gasteiger partial charge on any atom is -0.870 e. The average Bonchev–Trinajstić information content (AvgIpc) is 2.66. The van der Waals surface area contributed by atoms with Gasteiger partial charge < -0.3 is 29.9 Å². The van der Waals surface area contributed by atoms with Gasteiger partial charge >= 0.3 is 11.9 Å². The highest BCUT2D eigenvalue weighted by Crippen LogP contribution is 2.43. The summed E-state index contributed by atoms with van der Waals surface area (Å²) in [6.45, 7) is 0. The Hall–Kier alpha value is -3.94. The molecule has 146 valence electrons. The minimum atomic E-state index is -1.18. The van der Waals surface area contributed by atoms with Crippen molar-refractivity contribution in [1.82, 2.24) is 0 Å². The molecule has 0 heterocycles. The highest BCUT2D eigenvalue weighted by atomic mass is 16.5. The van der Waals surface area contributed by atoms with Gasteiger partial charge in [0.1, 0.15) is 11.5 Å². The first-order chi connectivity index (χ1) is 13.3. The molecule has 28 heavy (non-hydrogen) atoms. The van der Waals surface area contributed by atoms with Gasteiger partial charge in [0.15, 0.2) is 0 Å². The van der Waals surface area contributed by atoms with Crippen LogP contribution in [0.15, 0.2) is 36.4 Å². The number of methoxy groups -OCH3 is 2. The molecule has 0 radical (unpaired) electrons. The summed E-state index contributed by atoms with van der Waals surface area (Å²) in [5, 5.41) is 42.9. The molecule has 0 fully saturated rings. The van der Waals surface area contributed by atoms with Gasteiger partial charge in [-0.05, 0) is 58.7 Å². The van der Waals surface area contributed by atoms with Crippen LogP contribution in [-0.2, 0) is 9.59 Å². The van der Waals surface area contributed by atoms with Crippen LogP contribution in [-0.4, -0.2) is 36.4 Å². The largest absolute Gasteiger partial charge is 0.870 e. The Morgan fingerprint density at radius 2 is 1.14 bits per heavy atom. The van der Waals surface area contributed by atoms with Gasteiger partial charge in [0, 0.05) is 12.2 Å². The van der Waals surface area contributed by atoms with Crippen molar-refractivity contribution in [3.8, 4) is 34.1 Å². The number of carboxylic acid groups (broad SMARTS) is 2. The van der Waals surface area contributed by atoms with Gasteiger partial charge in [-0.15, -0.1) is 0 Å². The normalized spacial score (nSPS) is 11.1. The fourth-order valence-corrected chi connectivity index (χ4v) is 2.48. The summed E-state index contributed by atoms with van der Waals surface area (Å²) in [4.78, 5) is 21.5. The van der Waals surface area contributed by atoms with Gasteiger partial charge in [-0.2, -0.15) is 0 Å². The molecule has 0 aromatic heterocycles. The van der Waals surface area contributed by atoms with Crippen LogP contribution in [0, 0.1) is 0 Å². The lowest BCUT2D eigenvalue weighted by molar-refractivity contribution is -0.272. The lowest BCUT2D eigenvalue weighted by Gasteiger charge is -2.24. The van der Waals surface area contributed by atoms with Gasteiger partial charge in [0.25, 0.3) is 0 Å². The second-order valence-electron chi connectivity index (χ2n) is 5.54. The van der Waals surface area contributed by atoms with Gasteiger partial charge in [-0.25, -0.2) is 9.59 Å². The molecule has 0 unspecified atom stereocenters. The Labute approximate surface area is 160 Å². The van der Waals surface area contributed by atoms with Crippen molar-refractivity contribution in [1.29, 1.82) is 0 Å². The first-order valence-corrected chi connectivity index (χ1v) is 7.87. The molecule has 0 saturated heterocycles. The molecule has 0 aliphatic heterocycles. The zero-order chi connectivity index (χ0) is 20.8. The molecule has 2 rings (SSSR count). The maximum absolute atomic E-state index is 12.7. The summed E-state index contributed by atoms with van der Waals surface area (Å²) >= 11 is 0. The number of aliphatic carboxylic acids is 2. The van der Waals surface area contributed by atoms with E-state index in [1.165, 1.54) is 50.6 Å². The van der Waals surface area contributed by atoms with Gasteiger partial charge in [-0.3, -0.25) is 0 Å². The van der Waals surface area contributed by atoms with Crippen LogP contribution in [0.3, 0.4) is 0 Å². The van der Waals surface area contributed by atoms with E-state index < -0.39 is 23.4 Å². The Morgan fingerprint density at radius 1 is 0.786 bits per heavy atom. The predicted molar refractivity (Wildman–Crippen MR) is 97.2 cm³/mol. The van der Waals surface area contributed by atoms with E-state index in [2.05, 4.69) is 0 Å². The summed E-state index contributed by atoms with van der Waals surface area (Å²) in [5.41, 5.74) is 0.605. The minimum absolute atomic E-state index is 0.0294. The predicted octanol–water partition coefficient (Wildman–Crippen LogP) is 1.71. The molecule has 8 nitrogen and oxygen atoms in total. The van der Waals surface area contributed by atoms with E-state index in [0.29, 0.717) is 11.1 Å². The molecular formula is C20H16O8-2. The maximum atomic E-state index is 12.7. The smallest absolute Gasteiger partial charge is 0.328 e. The van der Waals surface area contributed by atoms with E-state index in [1.54, 1.807) is 0 Å². The van der Waals surface area contributed by atoms with E-state index in [4.69, 9.17) is 19.7 Å². The number of carboxylic acids is 2. The second-order valence-corrected chi connectivity index (χ2v) is 5.54. The topological polar surface area (TPSA) is 139 Å². The van der Waals surface area contributed by atoms with Crippen molar-refractivity contribution < 1.29 is 39.5 Å². The first-order valence-electron chi connectivity index (χ1n) is 7.87. The SMILES string of the molecule is COc1cc(/C=C/C(=O)O)cc(-c2cc(/C=C/C(=O)O)cc(OC)c2[O-])c1[O-]. The molecule has 0 aliphatic rings. The van der Waals surface area contributed by atoms with Crippen LogP contribution < -0.4 is 19.7 Å². The third kappa shape index (κ3) is 4.61. The number of hydrogen-bond donors (Lipinski definition) is 2. The molecule has 0 bridgehead atoms. The summed E-state index contributed by atoms with van der Waals surface area (Å²) in [6.07, 6.45) is 4.27. The van der Waals surface area contributed by atoms with Crippen molar-refractivity contribution in [2.24, 2.45) is 0 Å². The number of benzene rings is 2. The fraction of sp³-hybridized carbons (Fsp3) is 0.100. The molecule has 0 amide bonds. The molecule has 8 heteroatoms. The lowest BCUT2D eigenvalue weighted by atomic mass is 9.97. The lowest BCUT2D eigenvalue weighted by Crippen LogP contribution is -2.03. The van der Waals surface area contributed by atoms with Crippen molar-refractivity contribution in [3.05, 3.63) is 47.5 Å². The highest BCUT2D eigenvalue weighted by Gasteiger charge is 2.11. The van der Waals surface area contributed by atoms with Crippen LogP contribution in [0.4, 0.5) is 0 Å². The van der Waals surface area contributed by atoms with Gasteiger partial charge in [0.2, 0.25) is 0 Å². The quantitative estimate of drug-likeness (QED) is 0.688. The van der Waals surface area contributed by atoms with Crippen molar-refractivity contribution in [3.63, 3.8) is 0 Å². The molecule has 0 saturated carbocycles. The Bertz CT molecular complexity index is 893. The molecule has 2 aromatic carbocycles. The zero-order valence-electron chi connectivity index (χ0n) is 15.0. The van der Waals surface area contributed by atoms with E-state index in [9.17, 15) is 19.8 Å². The molecule has 2 N–H and O–H groups in total. The number of carbonyl (C=O) groups is 2. The van der Waals surface area contributed by atoms with Crippen LogP contribution in [0.2, 0.25) is 0 Å². The van der Waals surface area contributed by atoms with Crippen LogP contribution >= 0.6 is 0 Å². The van der Waals surface area contributed by atoms with E-state index >= 15 is 0 Å².